The summed E-state index contributed by atoms with van der Waals surface area (Å²) < 4.78 is 0. The van der Waals surface area contributed by atoms with Gasteiger partial charge in [-0.05, 0) is 36.1 Å². The summed E-state index contributed by atoms with van der Waals surface area (Å²) in [4.78, 5) is 12.2. The van der Waals surface area contributed by atoms with Crippen molar-refractivity contribution in [3.8, 4) is 0 Å². The fourth-order valence-corrected chi connectivity index (χ4v) is 3.12. The molecule has 3 aromatic rings. The van der Waals surface area contributed by atoms with E-state index < -0.39 is 11.4 Å². The molecule has 2 nitrogen and oxygen atoms in total. The Kier molecular flexibility index (Phi) is 7.20. The van der Waals surface area contributed by atoms with Crippen LogP contribution < -0.4 is 34.7 Å². The van der Waals surface area contributed by atoms with Crippen LogP contribution in [0.1, 0.15) is 34.7 Å². The fourth-order valence-electron chi connectivity index (χ4n) is 3.12. The first kappa shape index (κ1) is 21.2. The van der Waals surface area contributed by atoms with Gasteiger partial charge < -0.3 is 9.90 Å². The molecule has 3 aromatic carbocycles. The predicted molar refractivity (Wildman–Crippen MR) is 104 cm³/mol. The van der Waals surface area contributed by atoms with Gasteiger partial charge >= 0.3 is 29.6 Å². The SMILES string of the molecule is Cc1ccc(/C=C/c2ccccc2C(C)(C(=O)[O-])c2ccccc2)cc1.[Na+]. The van der Waals surface area contributed by atoms with Crippen molar-refractivity contribution in [2.24, 2.45) is 0 Å². The Hall–Kier alpha value is -2.13. The molecule has 0 heterocycles. The molecule has 27 heavy (non-hydrogen) atoms. The third-order valence-corrected chi connectivity index (χ3v) is 4.79. The van der Waals surface area contributed by atoms with Gasteiger partial charge in [0.15, 0.2) is 0 Å². The van der Waals surface area contributed by atoms with Gasteiger partial charge in [0.2, 0.25) is 0 Å². The zero-order valence-electron chi connectivity index (χ0n) is 16.0. The third-order valence-electron chi connectivity index (χ3n) is 4.79. The summed E-state index contributed by atoms with van der Waals surface area (Å²) >= 11 is 0. The number of hydrogen-bond acceptors (Lipinski definition) is 2. The summed E-state index contributed by atoms with van der Waals surface area (Å²) in [5.41, 5.74) is 3.33. The molecule has 0 saturated heterocycles. The van der Waals surface area contributed by atoms with E-state index in [1.54, 1.807) is 6.92 Å². The summed E-state index contributed by atoms with van der Waals surface area (Å²) in [5, 5.41) is 12.2. The van der Waals surface area contributed by atoms with Gasteiger partial charge in [-0.1, -0.05) is 96.6 Å². The van der Waals surface area contributed by atoms with E-state index in [1.165, 1.54) is 5.56 Å². The quantitative estimate of drug-likeness (QED) is 0.505. The molecule has 0 spiro atoms. The monoisotopic (exact) mass is 364 g/mol. The van der Waals surface area contributed by atoms with Crippen LogP contribution in [0.3, 0.4) is 0 Å². The predicted octanol–water partition coefficient (Wildman–Crippen LogP) is 1.23. The maximum Gasteiger partial charge on any atom is 1.00 e. The zero-order valence-corrected chi connectivity index (χ0v) is 18.0. The van der Waals surface area contributed by atoms with E-state index >= 15 is 0 Å². The number of aliphatic carboxylic acids is 1. The topological polar surface area (TPSA) is 40.1 Å². The Morgan fingerprint density at radius 1 is 0.852 bits per heavy atom. The standard InChI is InChI=1S/C24H22O2.Na/c1-18-12-14-19(15-13-18)16-17-20-8-6-7-11-22(20)24(2,23(25)26)21-9-4-3-5-10-21;/h3-17H,1-2H3,(H,25,26);/q;+1/p-1/b17-16+;. The van der Waals surface area contributed by atoms with Crippen molar-refractivity contribution in [2.75, 3.05) is 0 Å². The number of carbonyl (C=O) groups is 1. The van der Waals surface area contributed by atoms with E-state index in [4.69, 9.17) is 0 Å². The molecule has 0 aliphatic rings. The van der Waals surface area contributed by atoms with Gasteiger partial charge in [-0.2, -0.15) is 0 Å². The average molecular weight is 364 g/mol. The van der Waals surface area contributed by atoms with Crippen LogP contribution in [0.25, 0.3) is 12.2 Å². The Labute approximate surface area is 182 Å². The van der Waals surface area contributed by atoms with E-state index in [9.17, 15) is 9.90 Å². The largest absolute Gasteiger partial charge is 1.00 e. The van der Waals surface area contributed by atoms with Crippen molar-refractivity contribution in [1.29, 1.82) is 0 Å². The molecule has 1 atom stereocenters. The van der Waals surface area contributed by atoms with Crippen molar-refractivity contribution in [3.05, 3.63) is 107 Å². The zero-order chi connectivity index (χ0) is 18.6. The van der Waals surface area contributed by atoms with Crippen LogP contribution in [0.2, 0.25) is 0 Å². The fraction of sp³-hybridized carbons (Fsp3) is 0.125. The maximum absolute atomic E-state index is 12.2. The Bertz CT molecular complexity index is 930. The minimum absolute atomic E-state index is 0. The number of hydrogen-bond donors (Lipinski definition) is 0. The molecule has 130 valence electrons. The van der Waals surface area contributed by atoms with Gasteiger partial charge in [-0.25, -0.2) is 0 Å². The number of carbonyl (C=O) groups excluding carboxylic acids is 1. The Morgan fingerprint density at radius 3 is 2.07 bits per heavy atom. The van der Waals surface area contributed by atoms with Crippen molar-refractivity contribution < 1.29 is 39.5 Å². The summed E-state index contributed by atoms with van der Waals surface area (Å²) in [5.74, 6) is -1.11. The molecular weight excluding hydrogens is 343 g/mol. The molecule has 0 aliphatic heterocycles. The Balaban J connectivity index is 0.00000261. The first-order valence-corrected chi connectivity index (χ1v) is 8.63. The summed E-state index contributed by atoms with van der Waals surface area (Å²) in [6.45, 7) is 3.75. The van der Waals surface area contributed by atoms with Crippen LogP contribution >= 0.6 is 0 Å². The minimum atomic E-state index is -1.23. The molecule has 0 saturated carbocycles. The minimum Gasteiger partial charge on any atom is -0.549 e. The van der Waals surface area contributed by atoms with Crippen molar-refractivity contribution >= 4 is 18.1 Å². The molecule has 3 heteroatoms. The second kappa shape index (κ2) is 9.18. The molecule has 0 bridgehead atoms. The maximum atomic E-state index is 12.2. The van der Waals surface area contributed by atoms with Crippen molar-refractivity contribution in [3.63, 3.8) is 0 Å². The van der Waals surface area contributed by atoms with Crippen LogP contribution in [-0.2, 0) is 10.2 Å². The average Bonchev–Trinajstić information content (AvgIpc) is 2.67. The van der Waals surface area contributed by atoms with Crippen LogP contribution in [0.4, 0.5) is 0 Å². The summed E-state index contributed by atoms with van der Waals surface area (Å²) in [6, 6.07) is 25.0. The molecule has 0 fully saturated rings. The van der Waals surface area contributed by atoms with Crippen LogP contribution in [0.15, 0.2) is 78.9 Å². The van der Waals surface area contributed by atoms with Crippen LogP contribution in [0.5, 0.6) is 0 Å². The van der Waals surface area contributed by atoms with Gasteiger partial charge in [0, 0.05) is 0 Å². The molecular formula is C24H21NaO2. The smallest absolute Gasteiger partial charge is 0.549 e. The first-order chi connectivity index (χ1) is 12.5. The van der Waals surface area contributed by atoms with E-state index in [0.717, 1.165) is 16.7 Å². The second-order valence-corrected chi connectivity index (χ2v) is 6.61. The second-order valence-electron chi connectivity index (χ2n) is 6.61. The van der Waals surface area contributed by atoms with E-state index in [1.807, 2.05) is 85.8 Å². The van der Waals surface area contributed by atoms with Crippen molar-refractivity contribution in [1.82, 2.24) is 0 Å². The molecule has 0 aromatic heterocycles. The van der Waals surface area contributed by atoms with Gasteiger partial charge in [0.05, 0.1) is 11.4 Å². The van der Waals surface area contributed by atoms with Gasteiger partial charge in [-0.3, -0.25) is 0 Å². The van der Waals surface area contributed by atoms with Crippen LogP contribution in [-0.4, -0.2) is 5.97 Å². The number of carboxylic acid groups (broad SMARTS) is 1. The van der Waals surface area contributed by atoms with Crippen LogP contribution in [0, 0.1) is 6.92 Å². The van der Waals surface area contributed by atoms with Crippen molar-refractivity contribution in [2.45, 2.75) is 19.3 Å². The third kappa shape index (κ3) is 4.59. The number of benzene rings is 3. The summed E-state index contributed by atoms with van der Waals surface area (Å²) in [6.07, 6.45) is 3.96. The van der Waals surface area contributed by atoms with E-state index in [0.29, 0.717) is 5.56 Å². The Morgan fingerprint density at radius 2 is 1.44 bits per heavy atom. The molecule has 0 radical (unpaired) electrons. The molecule has 3 rings (SSSR count). The molecule has 1 unspecified atom stereocenters. The first-order valence-electron chi connectivity index (χ1n) is 8.63. The number of rotatable bonds is 5. The van der Waals surface area contributed by atoms with Gasteiger partial charge in [0.1, 0.15) is 0 Å². The van der Waals surface area contributed by atoms with E-state index in [2.05, 4.69) is 12.1 Å². The molecule has 0 aliphatic carbocycles. The molecule has 0 N–H and O–H groups in total. The molecule has 0 amide bonds. The number of aryl methyl sites for hydroxylation is 1. The van der Waals surface area contributed by atoms with E-state index in [-0.39, 0.29) is 29.6 Å². The van der Waals surface area contributed by atoms with Gasteiger partial charge in [0.25, 0.3) is 0 Å². The van der Waals surface area contributed by atoms with Gasteiger partial charge in [-0.15, -0.1) is 0 Å². The number of carboxylic acids is 1. The summed E-state index contributed by atoms with van der Waals surface area (Å²) in [7, 11) is 0. The normalized spacial score (nSPS) is 13.0.